The monoisotopic (exact) mass is 613 g/mol. The Labute approximate surface area is 246 Å². The van der Waals surface area contributed by atoms with Gasteiger partial charge >= 0.3 is 17.8 Å². The van der Waals surface area contributed by atoms with Crippen molar-refractivity contribution in [1.82, 2.24) is 24.3 Å². The molecule has 0 aromatic carbocycles. The first kappa shape index (κ1) is 29.9. The van der Waals surface area contributed by atoms with Crippen molar-refractivity contribution in [1.29, 1.82) is 0 Å². The summed E-state index contributed by atoms with van der Waals surface area (Å²) < 4.78 is 47.9. The molecule has 5 aliphatic rings. The largest absolute Gasteiger partial charge is 0.493 e. The minimum absolute atomic E-state index is 0.0446. The molecule has 0 bridgehead atoms. The zero-order valence-electron chi connectivity index (χ0n) is 24.2. The summed E-state index contributed by atoms with van der Waals surface area (Å²) in [6.45, 7) is 2.97. The van der Waals surface area contributed by atoms with Crippen molar-refractivity contribution in [2.75, 3.05) is 62.4 Å². The molecule has 43 heavy (non-hydrogen) atoms. The number of hydrogen-bond donors (Lipinski definition) is 1. The maximum absolute atomic E-state index is 14.2. The summed E-state index contributed by atoms with van der Waals surface area (Å²) in [6, 6.07) is -0.0672. The lowest BCUT2D eigenvalue weighted by molar-refractivity contribution is -0.203. The van der Waals surface area contributed by atoms with E-state index in [4.69, 9.17) is 9.57 Å². The number of carbonyl (C=O) groups excluding carboxylic acids is 2. The molecular formula is C27H38F3N7O6. The lowest BCUT2D eigenvalue weighted by Gasteiger charge is -2.41. The lowest BCUT2D eigenvalue weighted by Crippen LogP contribution is -2.60. The van der Waals surface area contributed by atoms with E-state index < -0.39 is 42.1 Å². The van der Waals surface area contributed by atoms with Gasteiger partial charge in [0, 0.05) is 45.8 Å². The number of anilines is 2. The number of hydroxylamine groups is 1. The molecule has 5 heterocycles. The molecular weight excluding hydrogens is 575 g/mol. The van der Waals surface area contributed by atoms with Crippen LogP contribution in [-0.2, 0) is 32.8 Å². The van der Waals surface area contributed by atoms with Gasteiger partial charge in [-0.1, -0.05) is 19.3 Å². The first-order valence-electron chi connectivity index (χ1n) is 15.1. The van der Waals surface area contributed by atoms with Gasteiger partial charge in [0.05, 0.1) is 13.2 Å². The molecule has 3 atom stereocenters. The van der Waals surface area contributed by atoms with Crippen molar-refractivity contribution in [3.05, 3.63) is 20.8 Å². The predicted octanol–water partition coefficient (Wildman–Crippen LogP) is 0.210. The Morgan fingerprint density at radius 1 is 1.02 bits per heavy atom. The number of fused-ring (bicyclic) bond motifs is 2. The molecule has 6 rings (SSSR count). The van der Waals surface area contributed by atoms with E-state index in [2.05, 4.69) is 5.32 Å². The average Bonchev–Trinajstić information content (AvgIpc) is 3.69. The smallest absolute Gasteiger partial charge is 0.378 e. The number of hydrogen-bond acceptors (Lipinski definition) is 10. The van der Waals surface area contributed by atoms with Crippen molar-refractivity contribution < 1.29 is 32.3 Å². The summed E-state index contributed by atoms with van der Waals surface area (Å²) in [6.07, 6.45) is -0.768. The number of amides is 1. The van der Waals surface area contributed by atoms with Gasteiger partial charge in [0.1, 0.15) is 6.54 Å². The van der Waals surface area contributed by atoms with Crippen LogP contribution in [0.3, 0.4) is 0 Å². The lowest BCUT2D eigenvalue weighted by atomic mass is 9.89. The minimum Gasteiger partial charge on any atom is -0.378 e. The molecule has 1 saturated carbocycles. The number of halogens is 3. The molecule has 1 aromatic rings. The summed E-state index contributed by atoms with van der Waals surface area (Å²) >= 11 is 0. The highest BCUT2D eigenvalue weighted by atomic mass is 19.4. The van der Waals surface area contributed by atoms with Crippen molar-refractivity contribution in [2.45, 2.75) is 63.6 Å². The van der Waals surface area contributed by atoms with Gasteiger partial charge in [0.15, 0.2) is 17.8 Å². The van der Waals surface area contributed by atoms with E-state index >= 15 is 0 Å². The molecule has 1 aromatic heterocycles. The van der Waals surface area contributed by atoms with Crippen molar-refractivity contribution in [3.8, 4) is 0 Å². The number of rotatable bonds is 6. The van der Waals surface area contributed by atoms with E-state index in [0.717, 1.165) is 59.3 Å². The number of aromatic nitrogens is 2. The van der Waals surface area contributed by atoms with Crippen LogP contribution >= 0.6 is 0 Å². The number of carbonyl (C=O) groups is 2. The highest BCUT2D eigenvalue weighted by molar-refractivity contribution is 5.80. The first-order chi connectivity index (χ1) is 20.6. The topological polar surface area (TPSA) is 122 Å². The van der Waals surface area contributed by atoms with Gasteiger partial charge in [0.2, 0.25) is 5.91 Å². The summed E-state index contributed by atoms with van der Waals surface area (Å²) in [5, 5.41) is 4.14. The molecule has 3 saturated heterocycles. The van der Waals surface area contributed by atoms with Crippen LogP contribution in [0.2, 0.25) is 0 Å². The highest BCUT2D eigenvalue weighted by Gasteiger charge is 2.54. The van der Waals surface area contributed by atoms with Crippen LogP contribution in [0.25, 0.3) is 0 Å². The van der Waals surface area contributed by atoms with Gasteiger partial charge in [-0.05, 0) is 37.6 Å². The zero-order chi connectivity index (χ0) is 30.5. The third kappa shape index (κ3) is 5.52. The van der Waals surface area contributed by atoms with Crippen molar-refractivity contribution >= 4 is 23.4 Å². The third-order valence-corrected chi connectivity index (χ3v) is 9.51. The van der Waals surface area contributed by atoms with E-state index in [0.29, 0.717) is 45.9 Å². The van der Waals surface area contributed by atoms with Gasteiger partial charge in [0.25, 0.3) is 5.56 Å². The molecule has 0 radical (unpaired) electrons. The summed E-state index contributed by atoms with van der Waals surface area (Å²) in [5.41, 5.74) is -1.73. The van der Waals surface area contributed by atoms with E-state index in [-0.39, 0.29) is 29.4 Å². The SMILES string of the molecule is Cn1c2c(c(=O)n(CC(=O)N3CCOCC3)c1=O)N(CC1CCCCC1)C(N1CCC3CNCC31)N2OC(=O)C(F)(F)F. The molecule has 1 amide bonds. The van der Waals surface area contributed by atoms with E-state index in [1.54, 1.807) is 4.90 Å². The Hall–Kier alpha value is -3.11. The molecule has 0 spiro atoms. The Morgan fingerprint density at radius 2 is 1.74 bits per heavy atom. The molecule has 13 nitrogen and oxygen atoms in total. The van der Waals surface area contributed by atoms with Crippen molar-refractivity contribution in [3.63, 3.8) is 0 Å². The molecule has 1 N–H and O–H groups in total. The highest BCUT2D eigenvalue weighted by Crippen LogP contribution is 2.43. The number of nitrogens with zero attached hydrogens (tertiary/aromatic N) is 6. The maximum atomic E-state index is 14.2. The zero-order valence-corrected chi connectivity index (χ0v) is 24.2. The van der Waals surface area contributed by atoms with Crippen LogP contribution in [0, 0.1) is 11.8 Å². The average molecular weight is 614 g/mol. The van der Waals surface area contributed by atoms with Crippen molar-refractivity contribution in [2.24, 2.45) is 18.9 Å². The predicted molar refractivity (Wildman–Crippen MR) is 147 cm³/mol. The summed E-state index contributed by atoms with van der Waals surface area (Å²) in [5.74, 6) is -2.72. The number of nitrogens with one attached hydrogen (secondary N) is 1. The number of morpholine rings is 1. The minimum atomic E-state index is -5.30. The number of ether oxygens (including phenoxy) is 1. The molecule has 16 heteroatoms. The van der Waals surface area contributed by atoms with E-state index in [1.807, 2.05) is 4.90 Å². The first-order valence-corrected chi connectivity index (χ1v) is 15.1. The van der Waals surface area contributed by atoms with Gasteiger partial charge in [-0.25, -0.2) is 14.2 Å². The Kier molecular flexibility index (Phi) is 8.19. The second-order valence-corrected chi connectivity index (χ2v) is 12.1. The molecule has 3 unspecified atom stereocenters. The Bertz CT molecular complexity index is 1350. The molecule has 4 aliphatic heterocycles. The second kappa shape index (κ2) is 11.8. The second-order valence-electron chi connectivity index (χ2n) is 12.1. The van der Waals surface area contributed by atoms with Gasteiger partial charge in [-0.15, -0.1) is 5.06 Å². The van der Waals surface area contributed by atoms with Gasteiger partial charge in [-0.2, -0.15) is 13.2 Å². The normalized spacial score (nSPS) is 26.6. The summed E-state index contributed by atoms with van der Waals surface area (Å²) in [4.78, 5) is 63.5. The summed E-state index contributed by atoms with van der Waals surface area (Å²) in [7, 11) is 1.32. The fraction of sp³-hybridized carbons (Fsp3) is 0.778. The fourth-order valence-corrected chi connectivity index (χ4v) is 7.33. The third-order valence-electron chi connectivity index (χ3n) is 9.51. The number of alkyl halides is 3. The van der Waals surface area contributed by atoms with Gasteiger partial charge < -0.3 is 24.7 Å². The standard InChI is InChI=1S/C27H38F3N7O6/c1-32-22-21(23(39)36(26(32)41)16-20(38)33-9-11-42-12-10-33)35(15-17-5-3-2-4-6-17)25(37(22)43-24(40)27(28,29)30)34-8-7-18-13-31-14-19(18)34/h17-19,25,31H,2-16H2,1H3. The Balaban J connectivity index is 1.47. The molecule has 238 valence electrons. The van der Waals surface area contributed by atoms with Crippen LogP contribution in [0.1, 0.15) is 38.5 Å². The number of likely N-dealkylation sites (tertiary alicyclic amines) is 1. The maximum Gasteiger partial charge on any atom is 0.493 e. The van der Waals surface area contributed by atoms with Crippen LogP contribution in [0.15, 0.2) is 9.59 Å². The van der Waals surface area contributed by atoms with Gasteiger partial charge in [-0.3, -0.25) is 19.1 Å². The van der Waals surface area contributed by atoms with E-state index in [9.17, 15) is 32.3 Å². The van der Waals surface area contributed by atoms with E-state index in [1.165, 1.54) is 11.9 Å². The molecule has 4 fully saturated rings. The quantitative estimate of drug-likeness (QED) is 0.477. The molecule has 1 aliphatic carbocycles. The van der Waals surface area contributed by atoms with Crippen LogP contribution < -0.4 is 26.5 Å². The van der Waals surface area contributed by atoms with Crippen LogP contribution in [-0.4, -0.2) is 102 Å². The van der Waals surface area contributed by atoms with Crippen LogP contribution in [0.5, 0.6) is 0 Å². The Morgan fingerprint density at radius 3 is 2.44 bits per heavy atom. The fourth-order valence-electron chi connectivity index (χ4n) is 7.33. The van der Waals surface area contributed by atoms with Crippen LogP contribution in [0.4, 0.5) is 24.7 Å².